The van der Waals surface area contributed by atoms with E-state index in [9.17, 15) is 0 Å². The molecule has 2 heteroatoms. The van der Waals surface area contributed by atoms with Gasteiger partial charge in [-0.15, -0.1) is 0 Å². The molecule has 0 saturated carbocycles. The minimum absolute atomic E-state index is 0.895. The van der Waals surface area contributed by atoms with Crippen molar-refractivity contribution in [3.8, 4) is 0 Å². The van der Waals surface area contributed by atoms with Gasteiger partial charge in [-0.2, -0.15) is 0 Å². The van der Waals surface area contributed by atoms with E-state index in [1.165, 1.54) is 27.4 Å². The standard InChI is InChI=1S/C13H10BrN/c14-8-9-4-3-7-12-13(9)10-5-1-2-6-11(10)15-12/h1-7,15H,8H2. The van der Waals surface area contributed by atoms with Gasteiger partial charge in [0, 0.05) is 27.1 Å². The van der Waals surface area contributed by atoms with Crippen molar-refractivity contribution < 1.29 is 0 Å². The van der Waals surface area contributed by atoms with Crippen LogP contribution in [0.5, 0.6) is 0 Å². The molecule has 0 amide bonds. The summed E-state index contributed by atoms with van der Waals surface area (Å²) in [4.78, 5) is 3.43. The van der Waals surface area contributed by atoms with Crippen molar-refractivity contribution in [2.45, 2.75) is 5.33 Å². The largest absolute Gasteiger partial charge is 0.355 e. The van der Waals surface area contributed by atoms with E-state index in [0.717, 1.165) is 5.33 Å². The van der Waals surface area contributed by atoms with Crippen LogP contribution < -0.4 is 0 Å². The van der Waals surface area contributed by atoms with Crippen molar-refractivity contribution in [3.63, 3.8) is 0 Å². The van der Waals surface area contributed by atoms with Crippen molar-refractivity contribution in [3.05, 3.63) is 48.0 Å². The quantitative estimate of drug-likeness (QED) is 0.630. The summed E-state index contributed by atoms with van der Waals surface area (Å²) in [6.45, 7) is 0. The Morgan fingerprint density at radius 1 is 0.933 bits per heavy atom. The molecule has 1 aromatic heterocycles. The van der Waals surface area contributed by atoms with Crippen LogP contribution in [-0.4, -0.2) is 4.98 Å². The Morgan fingerprint density at radius 2 is 1.73 bits per heavy atom. The van der Waals surface area contributed by atoms with E-state index in [2.05, 4.69) is 63.4 Å². The average Bonchev–Trinajstić information content (AvgIpc) is 2.67. The van der Waals surface area contributed by atoms with Crippen LogP contribution in [0.3, 0.4) is 0 Å². The lowest BCUT2D eigenvalue weighted by molar-refractivity contribution is 1.48. The van der Waals surface area contributed by atoms with Crippen LogP contribution in [0.1, 0.15) is 5.56 Å². The zero-order chi connectivity index (χ0) is 10.3. The number of alkyl halides is 1. The number of para-hydroxylation sites is 1. The number of hydrogen-bond acceptors (Lipinski definition) is 0. The summed E-state index contributed by atoms with van der Waals surface area (Å²) in [5, 5.41) is 3.54. The van der Waals surface area contributed by atoms with E-state index < -0.39 is 0 Å². The highest BCUT2D eigenvalue weighted by molar-refractivity contribution is 9.08. The molecule has 0 fully saturated rings. The Kier molecular flexibility index (Phi) is 2.03. The van der Waals surface area contributed by atoms with Gasteiger partial charge in [0.05, 0.1) is 0 Å². The molecule has 1 N–H and O–H groups in total. The van der Waals surface area contributed by atoms with Crippen LogP contribution >= 0.6 is 15.9 Å². The Hall–Kier alpha value is -1.28. The van der Waals surface area contributed by atoms with Crippen molar-refractivity contribution in [2.75, 3.05) is 0 Å². The molecule has 0 unspecified atom stereocenters. The molecule has 0 saturated heterocycles. The molecular weight excluding hydrogens is 250 g/mol. The maximum atomic E-state index is 3.54. The first-order valence-corrected chi connectivity index (χ1v) is 6.06. The first-order valence-electron chi connectivity index (χ1n) is 4.94. The van der Waals surface area contributed by atoms with Gasteiger partial charge in [0.25, 0.3) is 0 Å². The summed E-state index contributed by atoms with van der Waals surface area (Å²) in [7, 11) is 0. The third kappa shape index (κ3) is 1.29. The second-order valence-corrected chi connectivity index (χ2v) is 4.20. The Morgan fingerprint density at radius 3 is 2.60 bits per heavy atom. The molecule has 0 aliphatic heterocycles. The molecule has 1 nitrogen and oxygen atoms in total. The first-order chi connectivity index (χ1) is 7.40. The minimum Gasteiger partial charge on any atom is -0.355 e. The molecule has 2 aromatic carbocycles. The molecule has 0 atom stereocenters. The number of H-pyrrole nitrogens is 1. The number of nitrogens with one attached hydrogen (secondary N) is 1. The number of benzene rings is 2. The lowest BCUT2D eigenvalue weighted by Crippen LogP contribution is -1.77. The van der Waals surface area contributed by atoms with Gasteiger partial charge in [0.15, 0.2) is 0 Å². The van der Waals surface area contributed by atoms with Gasteiger partial charge < -0.3 is 4.98 Å². The third-order valence-electron chi connectivity index (χ3n) is 2.76. The first kappa shape index (κ1) is 8.98. The van der Waals surface area contributed by atoms with Gasteiger partial charge in [-0.05, 0) is 17.7 Å². The van der Waals surface area contributed by atoms with Gasteiger partial charge in [0.2, 0.25) is 0 Å². The van der Waals surface area contributed by atoms with Gasteiger partial charge in [-0.3, -0.25) is 0 Å². The zero-order valence-electron chi connectivity index (χ0n) is 8.13. The summed E-state index contributed by atoms with van der Waals surface area (Å²) in [6.07, 6.45) is 0. The lowest BCUT2D eigenvalue weighted by atomic mass is 10.1. The topological polar surface area (TPSA) is 15.8 Å². The van der Waals surface area contributed by atoms with E-state index in [0.29, 0.717) is 0 Å². The molecule has 0 radical (unpaired) electrons. The maximum Gasteiger partial charge on any atom is 0.0467 e. The second-order valence-electron chi connectivity index (χ2n) is 3.64. The van der Waals surface area contributed by atoms with Crippen molar-refractivity contribution >= 4 is 37.7 Å². The summed E-state index contributed by atoms with van der Waals surface area (Å²) in [5.41, 5.74) is 3.76. The van der Waals surface area contributed by atoms with Gasteiger partial charge in [-0.1, -0.05) is 46.3 Å². The van der Waals surface area contributed by atoms with Gasteiger partial charge in [0.1, 0.15) is 0 Å². The number of fused-ring (bicyclic) bond motifs is 3. The second kappa shape index (κ2) is 3.38. The summed E-state index contributed by atoms with van der Waals surface area (Å²) in [5.74, 6) is 0. The van der Waals surface area contributed by atoms with Crippen molar-refractivity contribution in [1.82, 2.24) is 4.98 Å². The van der Waals surface area contributed by atoms with E-state index in [-0.39, 0.29) is 0 Å². The van der Waals surface area contributed by atoms with Crippen LogP contribution in [-0.2, 0) is 5.33 Å². The number of halogens is 1. The van der Waals surface area contributed by atoms with Crippen LogP contribution in [0.2, 0.25) is 0 Å². The Labute approximate surface area is 96.2 Å². The monoisotopic (exact) mass is 259 g/mol. The fourth-order valence-electron chi connectivity index (χ4n) is 2.09. The molecule has 0 aliphatic rings. The van der Waals surface area contributed by atoms with Crippen molar-refractivity contribution in [1.29, 1.82) is 0 Å². The molecule has 0 aliphatic carbocycles. The number of aromatic amines is 1. The van der Waals surface area contributed by atoms with Crippen LogP contribution in [0, 0.1) is 0 Å². The normalized spacial score (nSPS) is 11.3. The number of rotatable bonds is 1. The molecule has 0 bridgehead atoms. The van der Waals surface area contributed by atoms with Crippen LogP contribution in [0.4, 0.5) is 0 Å². The predicted octanol–water partition coefficient (Wildman–Crippen LogP) is 4.22. The Bertz CT molecular complexity index is 625. The Balaban J connectivity index is 2.56. The third-order valence-corrected chi connectivity index (χ3v) is 3.36. The highest BCUT2D eigenvalue weighted by atomic mass is 79.9. The van der Waals surface area contributed by atoms with E-state index in [1.54, 1.807) is 0 Å². The van der Waals surface area contributed by atoms with Gasteiger partial charge >= 0.3 is 0 Å². The van der Waals surface area contributed by atoms with Crippen molar-refractivity contribution in [2.24, 2.45) is 0 Å². The number of aromatic nitrogens is 1. The summed E-state index contributed by atoms with van der Waals surface area (Å²) >= 11 is 3.54. The average molecular weight is 260 g/mol. The highest BCUT2D eigenvalue weighted by Crippen LogP contribution is 2.29. The molecule has 3 aromatic rings. The molecule has 3 rings (SSSR count). The van der Waals surface area contributed by atoms with E-state index in [1.807, 2.05) is 0 Å². The summed E-state index contributed by atoms with van der Waals surface area (Å²) < 4.78 is 0. The predicted molar refractivity (Wildman–Crippen MR) is 68.4 cm³/mol. The van der Waals surface area contributed by atoms with Crippen LogP contribution in [0.25, 0.3) is 21.8 Å². The zero-order valence-corrected chi connectivity index (χ0v) is 9.71. The fraction of sp³-hybridized carbons (Fsp3) is 0.0769. The fourth-order valence-corrected chi connectivity index (χ4v) is 2.56. The SMILES string of the molecule is BrCc1cccc2[nH]c3ccccc3c12. The smallest absolute Gasteiger partial charge is 0.0467 e. The summed E-state index contributed by atoms with van der Waals surface area (Å²) in [6, 6.07) is 14.8. The van der Waals surface area contributed by atoms with Gasteiger partial charge in [-0.25, -0.2) is 0 Å². The molecule has 15 heavy (non-hydrogen) atoms. The molecule has 74 valence electrons. The number of hydrogen-bond donors (Lipinski definition) is 1. The molecule has 1 heterocycles. The molecule has 0 spiro atoms. The molecular formula is C13H10BrN. The highest BCUT2D eigenvalue weighted by Gasteiger charge is 2.06. The van der Waals surface area contributed by atoms with E-state index in [4.69, 9.17) is 0 Å². The minimum atomic E-state index is 0.895. The van der Waals surface area contributed by atoms with Crippen LogP contribution in [0.15, 0.2) is 42.5 Å². The maximum absolute atomic E-state index is 3.54. The van der Waals surface area contributed by atoms with E-state index >= 15 is 0 Å². The lowest BCUT2D eigenvalue weighted by Gasteiger charge is -1.98.